The predicted octanol–water partition coefficient (Wildman–Crippen LogP) is 2.13. The number of rotatable bonds is 7. The van der Waals surface area contributed by atoms with Gasteiger partial charge in [0.15, 0.2) is 0 Å². The minimum absolute atomic E-state index is 0.0236. The average molecular weight is 310 g/mol. The predicted molar refractivity (Wildman–Crippen MR) is 79.9 cm³/mol. The molecule has 2 rings (SSSR count). The van der Waals surface area contributed by atoms with Crippen molar-refractivity contribution in [2.45, 2.75) is 0 Å². The molecule has 0 aliphatic carbocycles. The maximum Gasteiger partial charge on any atom is 0.250 e. The molecule has 1 aromatic heterocycles. The van der Waals surface area contributed by atoms with Crippen LogP contribution in [0.3, 0.4) is 0 Å². The van der Waals surface area contributed by atoms with Crippen molar-refractivity contribution in [3.05, 3.63) is 41.9 Å². The van der Waals surface area contributed by atoms with Gasteiger partial charge in [-0.05, 0) is 18.2 Å². The van der Waals surface area contributed by atoms with Gasteiger partial charge in [0.25, 0.3) is 0 Å². The summed E-state index contributed by atoms with van der Waals surface area (Å²) in [5, 5.41) is 3.24. The first-order valence-corrected chi connectivity index (χ1v) is 6.73. The molecule has 0 bridgehead atoms. The highest BCUT2D eigenvalue weighted by Gasteiger charge is 2.06. The van der Waals surface area contributed by atoms with Crippen LogP contribution in [-0.4, -0.2) is 42.4 Å². The number of ether oxygens (including phenoxy) is 2. The summed E-state index contributed by atoms with van der Waals surface area (Å²) in [5.74, 6) is -0.238. The zero-order valence-corrected chi connectivity index (χ0v) is 12.3. The van der Waals surface area contributed by atoms with Gasteiger partial charge in [-0.3, -0.25) is 4.79 Å². The van der Waals surface area contributed by atoms with Crippen LogP contribution >= 0.6 is 11.6 Å². The van der Waals surface area contributed by atoms with E-state index in [4.69, 9.17) is 21.1 Å². The van der Waals surface area contributed by atoms with Gasteiger partial charge in [-0.2, -0.15) is 0 Å². The van der Waals surface area contributed by atoms with E-state index < -0.39 is 0 Å². The number of anilines is 1. The largest absolute Gasteiger partial charge is 0.382 e. The number of amides is 1. The monoisotopic (exact) mass is 309 g/mol. The lowest BCUT2D eigenvalue weighted by molar-refractivity contribution is -0.121. The first kappa shape index (κ1) is 15.5. The third kappa shape index (κ3) is 4.56. The maximum atomic E-state index is 11.7. The topological polar surface area (TPSA) is 65.4 Å². The summed E-state index contributed by atoms with van der Waals surface area (Å²) >= 11 is 6.20. The molecule has 21 heavy (non-hydrogen) atoms. The molecule has 6 nitrogen and oxygen atoms in total. The van der Waals surface area contributed by atoms with Gasteiger partial charge in [0.2, 0.25) is 5.91 Å². The number of nitrogens with zero attached hydrogens (tertiary/aromatic N) is 2. The molecular formula is C14H16ClN3O3. The SMILES string of the molecule is COCCOCC(=O)Nc1ccc(-n2ccnc2)c(Cl)c1. The van der Waals surface area contributed by atoms with Crippen molar-refractivity contribution in [2.75, 3.05) is 32.2 Å². The first-order valence-electron chi connectivity index (χ1n) is 6.35. The van der Waals surface area contributed by atoms with Crippen molar-refractivity contribution in [3.63, 3.8) is 0 Å². The van der Waals surface area contributed by atoms with Gasteiger partial charge in [0, 0.05) is 25.2 Å². The summed E-state index contributed by atoms with van der Waals surface area (Å²) in [7, 11) is 1.58. The number of aromatic nitrogens is 2. The molecule has 0 radical (unpaired) electrons. The number of benzene rings is 1. The standard InChI is InChI=1S/C14H16ClN3O3/c1-20-6-7-21-9-14(19)17-11-2-3-13(12(15)8-11)18-5-4-16-10-18/h2-5,8,10H,6-7,9H2,1H3,(H,17,19). The van der Waals surface area contributed by atoms with Crippen molar-refractivity contribution in [3.8, 4) is 5.69 Å². The van der Waals surface area contributed by atoms with Crippen LogP contribution in [0.2, 0.25) is 5.02 Å². The molecular weight excluding hydrogens is 294 g/mol. The normalized spacial score (nSPS) is 10.6. The quantitative estimate of drug-likeness (QED) is 0.796. The van der Waals surface area contributed by atoms with E-state index in [1.54, 1.807) is 42.5 Å². The van der Waals surface area contributed by atoms with Gasteiger partial charge in [-0.1, -0.05) is 11.6 Å². The Balaban J connectivity index is 1.93. The Morgan fingerprint density at radius 1 is 1.43 bits per heavy atom. The lowest BCUT2D eigenvalue weighted by Crippen LogP contribution is -2.19. The molecule has 112 valence electrons. The van der Waals surface area contributed by atoms with Gasteiger partial charge in [-0.25, -0.2) is 4.98 Å². The number of methoxy groups -OCH3 is 1. The second-order valence-corrected chi connectivity index (χ2v) is 4.64. The summed E-state index contributed by atoms with van der Waals surface area (Å²) < 4.78 is 11.8. The van der Waals surface area contributed by atoms with E-state index in [2.05, 4.69) is 10.3 Å². The van der Waals surface area contributed by atoms with E-state index in [-0.39, 0.29) is 12.5 Å². The highest BCUT2D eigenvalue weighted by Crippen LogP contribution is 2.24. The Kier molecular flexibility index (Phi) is 5.74. The van der Waals surface area contributed by atoms with Crippen LogP contribution in [0.4, 0.5) is 5.69 Å². The Bertz CT molecular complexity index is 587. The second kappa shape index (κ2) is 7.78. The lowest BCUT2D eigenvalue weighted by atomic mass is 10.2. The van der Waals surface area contributed by atoms with Crippen LogP contribution in [0, 0.1) is 0 Å². The lowest BCUT2D eigenvalue weighted by Gasteiger charge is -2.09. The highest BCUT2D eigenvalue weighted by atomic mass is 35.5. The summed E-state index contributed by atoms with van der Waals surface area (Å²) in [6.45, 7) is 0.813. The number of carbonyl (C=O) groups excluding carboxylic acids is 1. The molecule has 0 saturated heterocycles. The first-order chi connectivity index (χ1) is 10.2. The maximum absolute atomic E-state index is 11.7. The summed E-state index contributed by atoms with van der Waals surface area (Å²) in [6, 6.07) is 5.27. The van der Waals surface area contributed by atoms with E-state index >= 15 is 0 Å². The number of hydrogen-bond acceptors (Lipinski definition) is 4. The molecule has 0 aliphatic rings. The molecule has 0 spiro atoms. The van der Waals surface area contributed by atoms with Crippen molar-refractivity contribution >= 4 is 23.2 Å². The third-order valence-corrected chi connectivity index (χ3v) is 2.98. The van der Waals surface area contributed by atoms with Crippen molar-refractivity contribution in [2.24, 2.45) is 0 Å². The molecule has 1 heterocycles. The van der Waals surface area contributed by atoms with Gasteiger partial charge in [0.05, 0.1) is 30.3 Å². The van der Waals surface area contributed by atoms with Crippen LogP contribution in [0.5, 0.6) is 0 Å². The van der Waals surface area contributed by atoms with Crippen LogP contribution in [0.25, 0.3) is 5.69 Å². The fraction of sp³-hybridized carbons (Fsp3) is 0.286. The van der Waals surface area contributed by atoms with Crippen LogP contribution in [-0.2, 0) is 14.3 Å². The Labute approximate surface area is 127 Å². The summed E-state index contributed by atoms with van der Waals surface area (Å²) in [4.78, 5) is 15.6. The highest BCUT2D eigenvalue weighted by molar-refractivity contribution is 6.32. The molecule has 0 fully saturated rings. The van der Waals surface area contributed by atoms with E-state index in [0.717, 1.165) is 5.69 Å². The Morgan fingerprint density at radius 2 is 2.29 bits per heavy atom. The fourth-order valence-electron chi connectivity index (χ4n) is 1.70. The van der Waals surface area contributed by atoms with Crippen molar-refractivity contribution in [1.82, 2.24) is 9.55 Å². The summed E-state index contributed by atoms with van der Waals surface area (Å²) in [6.07, 6.45) is 5.12. The minimum atomic E-state index is -0.238. The summed E-state index contributed by atoms with van der Waals surface area (Å²) in [5.41, 5.74) is 1.41. The van der Waals surface area contributed by atoms with Gasteiger partial charge >= 0.3 is 0 Å². The van der Waals surface area contributed by atoms with Gasteiger partial charge < -0.3 is 19.4 Å². The number of carbonyl (C=O) groups is 1. The van der Waals surface area contributed by atoms with Crippen LogP contribution in [0.1, 0.15) is 0 Å². The van der Waals surface area contributed by atoms with Gasteiger partial charge in [0.1, 0.15) is 6.61 Å². The Hall–Kier alpha value is -1.89. The van der Waals surface area contributed by atoms with E-state index in [0.29, 0.717) is 23.9 Å². The van der Waals surface area contributed by atoms with Crippen LogP contribution in [0.15, 0.2) is 36.9 Å². The molecule has 0 atom stereocenters. The fourth-order valence-corrected chi connectivity index (χ4v) is 1.98. The number of nitrogens with one attached hydrogen (secondary N) is 1. The van der Waals surface area contributed by atoms with Crippen molar-refractivity contribution < 1.29 is 14.3 Å². The molecule has 1 aromatic carbocycles. The third-order valence-electron chi connectivity index (χ3n) is 2.68. The molecule has 0 saturated carbocycles. The zero-order chi connectivity index (χ0) is 15.1. The van der Waals surface area contributed by atoms with E-state index in [1.165, 1.54) is 0 Å². The molecule has 0 aliphatic heterocycles. The molecule has 1 amide bonds. The number of imidazole rings is 1. The smallest absolute Gasteiger partial charge is 0.250 e. The number of halogens is 1. The van der Waals surface area contributed by atoms with E-state index in [1.807, 2.05) is 6.07 Å². The van der Waals surface area contributed by atoms with E-state index in [9.17, 15) is 4.79 Å². The molecule has 2 aromatic rings. The minimum Gasteiger partial charge on any atom is -0.382 e. The van der Waals surface area contributed by atoms with Crippen LogP contribution < -0.4 is 5.32 Å². The average Bonchev–Trinajstić information content (AvgIpc) is 2.98. The molecule has 1 N–H and O–H groups in total. The van der Waals surface area contributed by atoms with Crippen molar-refractivity contribution in [1.29, 1.82) is 0 Å². The van der Waals surface area contributed by atoms with Gasteiger partial charge in [-0.15, -0.1) is 0 Å². The molecule has 7 heteroatoms. The Morgan fingerprint density at radius 3 is 2.95 bits per heavy atom. The second-order valence-electron chi connectivity index (χ2n) is 4.23. The molecule has 0 unspecified atom stereocenters. The zero-order valence-electron chi connectivity index (χ0n) is 11.6. The number of hydrogen-bond donors (Lipinski definition) is 1.